The lowest BCUT2D eigenvalue weighted by atomic mass is 10.3. The standard InChI is InChI=1S/C9H19N.ClH/c1-4-5-6-7-8-9-10(2)3;/h6-7H,4-5,8-9H2,1-3H3;1H. The fraction of sp³-hybridized carbons (Fsp3) is 0.778. The topological polar surface area (TPSA) is 3.24 Å². The van der Waals surface area contributed by atoms with E-state index in [0.29, 0.717) is 0 Å². The number of unbranched alkanes of at least 4 members (excludes halogenated alkanes) is 1. The molecule has 0 aliphatic rings. The Kier molecular flexibility index (Phi) is 12.3. The summed E-state index contributed by atoms with van der Waals surface area (Å²) < 4.78 is 0. The van der Waals surface area contributed by atoms with Crippen molar-refractivity contribution in [3.8, 4) is 0 Å². The van der Waals surface area contributed by atoms with Gasteiger partial charge in [0.2, 0.25) is 0 Å². The minimum atomic E-state index is 0. The van der Waals surface area contributed by atoms with Crippen LogP contribution in [0.15, 0.2) is 12.2 Å². The minimum absolute atomic E-state index is 0. The maximum Gasteiger partial charge on any atom is 0.000980 e. The molecule has 0 amide bonds. The molecule has 0 aliphatic carbocycles. The summed E-state index contributed by atoms with van der Waals surface area (Å²) in [5.41, 5.74) is 0. The van der Waals surface area contributed by atoms with Gasteiger partial charge in [-0.3, -0.25) is 0 Å². The molecule has 0 bridgehead atoms. The zero-order valence-electron chi connectivity index (χ0n) is 7.84. The summed E-state index contributed by atoms with van der Waals surface area (Å²) >= 11 is 0. The SMILES string of the molecule is CCCC=CCCN(C)C.Cl. The summed E-state index contributed by atoms with van der Waals surface area (Å²) in [6, 6.07) is 0. The highest BCUT2D eigenvalue weighted by Crippen LogP contribution is 1.91. The third kappa shape index (κ3) is 13.1. The van der Waals surface area contributed by atoms with Gasteiger partial charge in [-0.2, -0.15) is 0 Å². The van der Waals surface area contributed by atoms with E-state index in [1.165, 1.54) is 25.8 Å². The first kappa shape index (κ1) is 13.6. The molecule has 11 heavy (non-hydrogen) atoms. The second-order valence-corrected chi connectivity index (χ2v) is 2.85. The van der Waals surface area contributed by atoms with E-state index in [1.807, 2.05) is 0 Å². The predicted octanol–water partition coefficient (Wildman–Crippen LogP) is 2.72. The third-order valence-corrected chi connectivity index (χ3v) is 1.36. The second kappa shape index (κ2) is 9.99. The molecular formula is C9H20ClN. The van der Waals surface area contributed by atoms with Crippen molar-refractivity contribution in [2.45, 2.75) is 26.2 Å². The van der Waals surface area contributed by atoms with Crippen LogP contribution in [0.3, 0.4) is 0 Å². The second-order valence-electron chi connectivity index (χ2n) is 2.85. The highest BCUT2D eigenvalue weighted by molar-refractivity contribution is 5.85. The molecule has 0 aliphatic heterocycles. The van der Waals surface area contributed by atoms with Gasteiger partial charge in [-0.1, -0.05) is 25.5 Å². The zero-order valence-corrected chi connectivity index (χ0v) is 8.66. The van der Waals surface area contributed by atoms with Gasteiger partial charge in [0, 0.05) is 6.54 Å². The summed E-state index contributed by atoms with van der Waals surface area (Å²) in [7, 11) is 4.21. The van der Waals surface area contributed by atoms with Gasteiger partial charge in [-0.25, -0.2) is 0 Å². The molecule has 0 unspecified atom stereocenters. The Morgan fingerprint density at radius 1 is 1.09 bits per heavy atom. The van der Waals surface area contributed by atoms with Gasteiger partial charge in [0.05, 0.1) is 0 Å². The molecule has 0 radical (unpaired) electrons. The van der Waals surface area contributed by atoms with E-state index in [1.54, 1.807) is 0 Å². The molecule has 0 heterocycles. The lowest BCUT2D eigenvalue weighted by Gasteiger charge is -2.05. The van der Waals surface area contributed by atoms with Gasteiger partial charge >= 0.3 is 0 Å². The molecule has 1 nitrogen and oxygen atoms in total. The lowest BCUT2D eigenvalue weighted by molar-refractivity contribution is 0.417. The Labute approximate surface area is 76.9 Å². The lowest BCUT2D eigenvalue weighted by Crippen LogP contribution is -2.11. The van der Waals surface area contributed by atoms with Crippen molar-refractivity contribution >= 4 is 12.4 Å². The van der Waals surface area contributed by atoms with E-state index in [0.717, 1.165) is 0 Å². The van der Waals surface area contributed by atoms with Crippen LogP contribution in [-0.4, -0.2) is 25.5 Å². The van der Waals surface area contributed by atoms with Crippen molar-refractivity contribution in [1.29, 1.82) is 0 Å². The molecule has 0 saturated carbocycles. The molecule has 68 valence electrons. The van der Waals surface area contributed by atoms with Crippen molar-refractivity contribution in [1.82, 2.24) is 4.90 Å². The zero-order chi connectivity index (χ0) is 7.82. The Bertz CT molecular complexity index is 89.6. The van der Waals surface area contributed by atoms with Gasteiger partial charge in [0.25, 0.3) is 0 Å². The number of hydrogen-bond donors (Lipinski definition) is 0. The van der Waals surface area contributed by atoms with E-state index in [2.05, 4.69) is 38.1 Å². The molecule has 0 spiro atoms. The minimum Gasteiger partial charge on any atom is -0.309 e. The van der Waals surface area contributed by atoms with E-state index in [4.69, 9.17) is 0 Å². The molecule has 0 aromatic heterocycles. The van der Waals surface area contributed by atoms with Crippen LogP contribution >= 0.6 is 12.4 Å². The smallest absolute Gasteiger partial charge is 0.000980 e. The van der Waals surface area contributed by atoms with Crippen LogP contribution < -0.4 is 0 Å². The Hall–Kier alpha value is -0.0100. The summed E-state index contributed by atoms with van der Waals surface area (Å²) in [5.74, 6) is 0. The maximum atomic E-state index is 2.27. The van der Waals surface area contributed by atoms with Crippen LogP contribution in [0, 0.1) is 0 Å². The van der Waals surface area contributed by atoms with E-state index in [9.17, 15) is 0 Å². The van der Waals surface area contributed by atoms with Crippen LogP contribution in [0.4, 0.5) is 0 Å². The number of hydrogen-bond acceptors (Lipinski definition) is 1. The van der Waals surface area contributed by atoms with Crippen LogP contribution in [0.2, 0.25) is 0 Å². The average molecular weight is 178 g/mol. The highest BCUT2D eigenvalue weighted by atomic mass is 35.5. The molecule has 0 rings (SSSR count). The van der Waals surface area contributed by atoms with Gasteiger partial charge < -0.3 is 4.90 Å². The first-order chi connectivity index (χ1) is 4.77. The van der Waals surface area contributed by atoms with Crippen LogP contribution in [0.25, 0.3) is 0 Å². The normalized spacial score (nSPS) is 10.5. The Morgan fingerprint density at radius 3 is 2.09 bits per heavy atom. The molecule has 0 saturated heterocycles. The summed E-state index contributed by atoms with van der Waals surface area (Å²) in [6.45, 7) is 3.37. The van der Waals surface area contributed by atoms with Gasteiger partial charge in [-0.15, -0.1) is 12.4 Å². The summed E-state index contributed by atoms with van der Waals surface area (Å²) in [4.78, 5) is 2.20. The number of allylic oxidation sites excluding steroid dienone is 1. The van der Waals surface area contributed by atoms with Gasteiger partial charge in [-0.05, 0) is 26.9 Å². The number of nitrogens with zero attached hydrogens (tertiary/aromatic N) is 1. The first-order valence-electron chi connectivity index (χ1n) is 4.07. The fourth-order valence-electron chi connectivity index (χ4n) is 0.735. The predicted molar refractivity (Wildman–Crippen MR) is 54.5 cm³/mol. The average Bonchev–Trinajstić information content (AvgIpc) is 1.87. The van der Waals surface area contributed by atoms with E-state index < -0.39 is 0 Å². The number of rotatable bonds is 5. The first-order valence-corrected chi connectivity index (χ1v) is 4.07. The maximum absolute atomic E-state index is 2.27. The Morgan fingerprint density at radius 2 is 1.64 bits per heavy atom. The van der Waals surface area contributed by atoms with Crippen molar-refractivity contribution < 1.29 is 0 Å². The molecule has 0 atom stereocenters. The van der Waals surface area contributed by atoms with Crippen molar-refractivity contribution in [3.05, 3.63) is 12.2 Å². The Balaban J connectivity index is 0. The molecule has 0 aromatic rings. The van der Waals surface area contributed by atoms with E-state index >= 15 is 0 Å². The van der Waals surface area contributed by atoms with E-state index in [-0.39, 0.29) is 12.4 Å². The molecule has 0 aromatic carbocycles. The van der Waals surface area contributed by atoms with Crippen LogP contribution in [0.5, 0.6) is 0 Å². The summed E-state index contributed by atoms with van der Waals surface area (Å²) in [6.07, 6.45) is 8.21. The van der Waals surface area contributed by atoms with Crippen molar-refractivity contribution in [2.24, 2.45) is 0 Å². The highest BCUT2D eigenvalue weighted by Gasteiger charge is 1.83. The van der Waals surface area contributed by atoms with Crippen LogP contribution in [-0.2, 0) is 0 Å². The monoisotopic (exact) mass is 177 g/mol. The van der Waals surface area contributed by atoms with Gasteiger partial charge in [0.1, 0.15) is 0 Å². The molecule has 2 heteroatoms. The largest absolute Gasteiger partial charge is 0.309 e. The molecule has 0 fully saturated rings. The number of halogens is 1. The van der Waals surface area contributed by atoms with Crippen molar-refractivity contribution in [3.63, 3.8) is 0 Å². The summed E-state index contributed by atoms with van der Waals surface area (Å²) in [5, 5.41) is 0. The molecular weight excluding hydrogens is 158 g/mol. The van der Waals surface area contributed by atoms with Crippen molar-refractivity contribution in [2.75, 3.05) is 20.6 Å². The van der Waals surface area contributed by atoms with Gasteiger partial charge in [0.15, 0.2) is 0 Å². The fourth-order valence-corrected chi connectivity index (χ4v) is 0.735. The quantitative estimate of drug-likeness (QED) is 0.584. The molecule has 0 N–H and O–H groups in total. The van der Waals surface area contributed by atoms with Crippen LogP contribution in [0.1, 0.15) is 26.2 Å². The third-order valence-electron chi connectivity index (χ3n) is 1.36.